The van der Waals surface area contributed by atoms with Crippen LogP contribution in [0.25, 0.3) is 0 Å². The van der Waals surface area contributed by atoms with E-state index in [4.69, 9.17) is 5.73 Å². The standard InChI is InChI=1S/C17H27NO12/c1-15(18,14(27)28)13(26)17(30)4-7(21)10(23)11(24)8(17)12(25)16(29)2-5(19)9(22)6(20)3-16/h5-11,19-24,29-30H,2-4,18H2,1H3,(H,27,28)/t5-,6-,7-,8?,9?,10?,11-,15?,16?,17?/m1/s1. The molecule has 2 rings (SSSR count). The zero-order valence-electron chi connectivity index (χ0n) is 16.0. The minimum Gasteiger partial charge on any atom is -0.480 e. The monoisotopic (exact) mass is 437 g/mol. The number of nitrogens with two attached hydrogens (primary N) is 1. The Morgan fingerprint density at radius 1 is 0.833 bits per heavy atom. The molecule has 172 valence electrons. The topological polar surface area (TPSA) is 259 Å². The number of rotatable bonds is 5. The molecule has 0 bridgehead atoms. The predicted octanol–water partition coefficient (Wildman–Crippen LogP) is -5.63. The summed E-state index contributed by atoms with van der Waals surface area (Å²) in [6, 6.07) is 0. The third kappa shape index (κ3) is 3.77. The number of aliphatic hydroxyl groups is 8. The van der Waals surface area contributed by atoms with Gasteiger partial charge in [-0.3, -0.25) is 9.59 Å². The summed E-state index contributed by atoms with van der Waals surface area (Å²) < 4.78 is 0. The van der Waals surface area contributed by atoms with Crippen molar-refractivity contribution in [2.24, 2.45) is 11.7 Å². The van der Waals surface area contributed by atoms with Crippen molar-refractivity contribution >= 4 is 17.5 Å². The van der Waals surface area contributed by atoms with Crippen molar-refractivity contribution < 1.29 is 60.3 Å². The number of Topliss-reactive ketones (excluding diaryl/α,β-unsaturated/α-hetero) is 2. The van der Waals surface area contributed by atoms with Gasteiger partial charge in [0.15, 0.2) is 17.1 Å². The summed E-state index contributed by atoms with van der Waals surface area (Å²) in [6.07, 6.45) is -14.4. The molecule has 0 aromatic rings. The summed E-state index contributed by atoms with van der Waals surface area (Å²) in [6.45, 7) is 0.708. The van der Waals surface area contributed by atoms with Gasteiger partial charge < -0.3 is 51.7 Å². The van der Waals surface area contributed by atoms with Crippen LogP contribution in [0.2, 0.25) is 0 Å². The highest BCUT2D eigenvalue weighted by Gasteiger charge is 2.65. The molecule has 11 N–H and O–H groups in total. The number of carbonyl (C=O) groups excluding carboxylic acids is 2. The van der Waals surface area contributed by atoms with Crippen LogP contribution in [0.15, 0.2) is 0 Å². The van der Waals surface area contributed by atoms with Gasteiger partial charge in [-0.25, -0.2) is 4.79 Å². The number of hydrogen-bond donors (Lipinski definition) is 10. The van der Waals surface area contributed by atoms with Crippen LogP contribution in [-0.4, -0.2) is 117 Å². The summed E-state index contributed by atoms with van der Waals surface area (Å²) in [5.74, 6) is -7.45. The Labute approximate surface area is 170 Å². The van der Waals surface area contributed by atoms with Crippen LogP contribution in [0.3, 0.4) is 0 Å². The first-order valence-electron chi connectivity index (χ1n) is 9.15. The summed E-state index contributed by atoms with van der Waals surface area (Å²) in [5, 5.41) is 90.5. The van der Waals surface area contributed by atoms with E-state index in [-0.39, 0.29) is 0 Å². The van der Waals surface area contributed by atoms with E-state index in [1.165, 1.54) is 0 Å². The normalized spacial score (nSPS) is 46.7. The SMILES string of the molecule is CC(N)(C(=O)O)C(=O)C1(O)C[C@@H](O)C(O)[C@H](O)C1C(=O)C1(O)C[C@@H](O)C(O)[C@H](O)C1. The maximum atomic E-state index is 13.1. The smallest absolute Gasteiger partial charge is 0.331 e. The second-order valence-electron chi connectivity index (χ2n) is 8.42. The second-order valence-corrected chi connectivity index (χ2v) is 8.42. The van der Waals surface area contributed by atoms with Gasteiger partial charge >= 0.3 is 5.97 Å². The van der Waals surface area contributed by atoms with Crippen molar-refractivity contribution in [3.8, 4) is 0 Å². The highest BCUT2D eigenvalue weighted by molar-refractivity contribution is 6.13. The van der Waals surface area contributed by atoms with Gasteiger partial charge in [0.05, 0.1) is 30.3 Å². The van der Waals surface area contributed by atoms with Crippen molar-refractivity contribution in [2.75, 3.05) is 0 Å². The molecule has 0 amide bonds. The zero-order chi connectivity index (χ0) is 23.4. The summed E-state index contributed by atoms with van der Waals surface area (Å²) in [5.41, 5.74) is -3.12. The molecule has 4 unspecified atom stereocenters. The lowest BCUT2D eigenvalue weighted by atomic mass is 9.60. The number of ketones is 2. The van der Waals surface area contributed by atoms with Crippen LogP contribution in [-0.2, 0) is 14.4 Å². The Morgan fingerprint density at radius 3 is 1.70 bits per heavy atom. The first kappa shape index (κ1) is 24.7. The van der Waals surface area contributed by atoms with Crippen LogP contribution in [0.1, 0.15) is 26.2 Å². The minimum atomic E-state index is -3.13. The molecule has 0 radical (unpaired) electrons. The van der Waals surface area contributed by atoms with Gasteiger partial charge in [-0.2, -0.15) is 0 Å². The van der Waals surface area contributed by atoms with Crippen molar-refractivity contribution in [1.29, 1.82) is 0 Å². The Hall–Kier alpha value is -1.55. The lowest BCUT2D eigenvalue weighted by molar-refractivity contribution is -0.214. The average Bonchev–Trinajstić information content (AvgIpc) is 2.63. The van der Waals surface area contributed by atoms with E-state index in [1.54, 1.807) is 0 Å². The summed E-state index contributed by atoms with van der Waals surface area (Å²) >= 11 is 0. The molecule has 2 aliphatic rings. The fraction of sp³-hybridized carbons (Fsp3) is 0.824. The molecule has 13 nitrogen and oxygen atoms in total. The van der Waals surface area contributed by atoms with Crippen molar-refractivity contribution in [2.45, 2.75) is 79.6 Å². The number of carboxylic acid groups (broad SMARTS) is 1. The lowest BCUT2D eigenvalue weighted by Crippen LogP contribution is -2.73. The van der Waals surface area contributed by atoms with Gasteiger partial charge in [0.1, 0.15) is 23.4 Å². The average molecular weight is 437 g/mol. The molecule has 2 saturated carbocycles. The van der Waals surface area contributed by atoms with Gasteiger partial charge in [-0.1, -0.05) is 0 Å². The van der Waals surface area contributed by atoms with Crippen LogP contribution in [0, 0.1) is 5.92 Å². The van der Waals surface area contributed by atoms with E-state index in [0.29, 0.717) is 6.92 Å². The van der Waals surface area contributed by atoms with E-state index in [0.717, 1.165) is 0 Å². The molecule has 8 atom stereocenters. The van der Waals surface area contributed by atoms with Crippen LogP contribution in [0.5, 0.6) is 0 Å². The molecule has 0 saturated heterocycles. The van der Waals surface area contributed by atoms with Crippen LogP contribution in [0.4, 0.5) is 0 Å². The molecule has 2 aliphatic carbocycles. The molecular weight excluding hydrogens is 410 g/mol. The number of carboxylic acids is 1. The number of aliphatic carboxylic acids is 1. The van der Waals surface area contributed by atoms with E-state index in [1.807, 2.05) is 0 Å². The van der Waals surface area contributed by atoms with Gasteiger partial charge in [0.2, 0.25) is 0 Å². The van der Waals surface area contributed by atoms with Crippen molar-refractivity contribution in [3.05, 3.63) is 0 Å². The maximum absolute atomic E-state index is 13.1. The molecule has 30 heavy (non-hydrogen) atoms. The number of hydrogen-bond acceptors (Lipinski definition) is 12. The Kier molecular flexibility index (Phi) is 6.47. The zero-order valence-corrected chi connectivity index (χ0v) is 16.0. The molecule has 0 spiro atoms. The van der Waals surface area contributed by atoms with Gasteiger partial charge in [0, 0.05) is 19.3 Å². The molecule has 0 aliphatic heterocycles. The Bertz CT molecular complexity index is 714. The Balaban J connectivity index is 2.55. The third-order valence-corrected chi connectivity index (χ3v) is 6.05. The Morgan fingerprint density at radius 2 is 1.27 bits per heavy atom. The molecular formula is C17H27NO12. The lowest BCUT2D eigenvalue weighted by Gasteiger charge is -2.49. The van der Waals surface area contributed by atoms with Crippen molar-refractivity contribution in [1.82, 2.24) is 0 Å². The van der Waals surface area contributed by atoms with Crippen LogP contribution >= 0.6 is 0 Å². The highest BCUT2D eigenvalue weighted by atomic mass is 16.4. The van der Waals surface area contributed by atoms with E-state index in [9.17, 15) is 60.3 Å². The van der Waals surface area contributed by atoms with Gasteiger partial charge in [-0.05, 0) is 6.92 Å². The number of carbonyl (C=O) groups is 3. The summed E-state index contributed by atoms with van der Waals surface area (Å²) in [4.78, 5) is 37.4. The fourth-order valence-corrected chi connectivity index (χ4v) is 4.19. The first-order chi connectivity index (χ1) is 13.5. The minimum absolute atomic E-state index is 0.708. The second kappa shape index (κ2) is 7.85. The maximum Gasteiger partial charge on any atom is 0.331 e. The largest absolute Gasteiger partial charge is 0.480 e. The molecule has 13 heteroatoms. The van der Waals surface area contributed by atoms with E-state index in [2.05, 4.69) is 0 Å². The first-order valence-corrected chi connectivity index (χ1v) is 9.15. The van der Waals surface area contributed by atoms with E-state index < -0.39 is 96.1 Å². The number of aliphatic hydroxyl groups excluding tert-OH is 6. The predicted molar refractivity (Wildman–Crippen MR) is 93.5 cm³/mol. The molecule has 2 fully saturated rings. The van der Waals surface area contributed by atoms with Gasteiger partial charge in [0.25, 0.3) is 0 Å². The molecule has 0 heterocycles. The van der Waals surface area contributed by atoms with Crippen LogP contribution < -0.4 is 5.73 Å². The molecule has 0 aromatic carbocycles. The van der Waals surface area contributed by atoms with Crippen molar-refractivity contribution in [3.63, 3.8) is 0 Å². The van der Waals surface area contributed by atoms with Gasteiger partial charge in [-0.15, -0.1) is 0 Å². The fourth-order valence-electron chi connectivity index (χ4n) is 4.19. The van der Waals surface area contributed by atoms with E-state index >= 15 is 0 Å². The molecule has 0 aromatic heterocycles. The summed E-state index contributed by atoms with van der Waals surface area (Å²) in [7, 11) is 0. The quantitative estimate of drug-likeness (QED) is 0.180. The third-order valence-electron chi connectivity index (χ3n) is 6.05. The highest BCUT2D eigenvalue weighted by Crippen LogP contribution is 2.43.